The van der Waals surface area contributed by atoms with Crippen molar-refractivity contribution in [1.82, 2.24) is 0 Å². The van der Waals surface area contributed by atoms with Crippen LogP contribution >= 0.6 is 11.6 Å². The van der Waals surface area contributed by atoms with Gasteiger partial charge in [0.1, 0.15) is 11.4 Å². The van der Waals surface area contributed by atoms with Gasteiger partial charge in [0.05, 0.1) is 18.4 Å². The van der Waals surface area contributed by atoms with Crippen molar-refractivity contribution >= 4 is 40.4 Å². The predicted molar refractivity (Wildman–Crippen MR) is 128 cm³/mol. The molecule has 0 unspecified atom stereocenters. The lowest BCUT2D eigenvalue weighted by Crippen LogP contribution is -2.32. The summed E-state index contributed by atoms with van der Waals surface area (Å²) in [5.74, 6) is -0.420. The number of nitrogens with zero attached hydrogens (tertiary/aromatic N) is 1. The lowest BCUT2D eigenvalue weighted by molar-refractivity contribution is -0.120. The number of carbonyl (C=O) groups is 2. The summed E-state index contributed by atoms with van der Waals surface area (Å²) in [6, 6.07) is 18.2. The average molecular weight is 447 g/mol. The Kier molecular flexibility index (Phi) is 5.76. The fourth-order valence-electron chi connectivity index (χ4n) is 3.91. The molecule has 162 valence electrons. The van der Waals surface area contributed by atoms with Crippen LogP contribution in [0.2, 0.25) is 5.02 Å². The maximum absolute atomic E-state index is 13.6. The van der Waals surface area contributed by atoms with Gasteiger partial charge >= 0.3 is 0 Å². The number of anilines is 2. The smallest absolute Gasteiger partial charge is 0.282 e. The van der Waals surface area contributed by atoms with E-state index in [0.717, 1.165) is 22.4 Å². The number of rotatable bonds is 5. The van der Waals surface area contributed by atoms with Crippen molar-refractivity contribution in [3.05, 3.63) is 93.6 Å². The largest absolute Gasteiger partial charge is 0.495 e. The second-order valence-electron chi connectivity index (χ2n) is 7.88. The zero-order valence-corrected chi connectivity index (χ0v) is 19.1. The quantitative estimate of drug-likeness (QED) is 0.513. The predicted octanol–water partition coefficient (Wildman–Crippen LogP) is 5.67. The molecule has 5 nitrogen and oxygen atoms in total. The van der Waals surface area contributed by atoms with Crippen molar-refractivity contribution in [3.63, 3.8) is 0 Å². The van der Waals surface area contributed by atoms with Crippen LogP contribution in [0.15, 0.2) is 66.4 Å². The zero-order chi connectivity index (χ0) is 23.0. The molecular weight excluding hydrogens is 424 g/mol. The molecule has 3 aromatic carbocycles. The molecular formula is C26H23ClN2O3. The summed E-state index contributed by atoms with van der Waals surface area (Å²) in [6.45, 7) is 5.87. The van der Waals surface area contributed by atoms with Crippen LogP contribution in [0.25, 0.3) is 5.57 Å². The van der Waals surface area contributed by atoms with E-state index in [4.69, 9.17) is 16.3 Å². The van der Waals surface area contributed by atoms with E-state index in [-0.39, 0.29) is 11.3 Å². The second-order valence-corrected chi connectivity index (χ2v) is 8.32. The Bertz CT molecular complexity index is 1240. The van der Waals surface area contributed by atoms with Crippen LogP contribution in [-0.4, -0.2) is 18.9 Å². The molecule has 1 N–H and O–H groups in total. The molecule has 0 aliphatic carbocycles. The molecule has 0 fully saturated rings. The molecule has 0 saturated carbocycles. The Hall–Kier alpha value is -3.57. The number of halogens is 1. The molecule has 0 atom stereocenters. The molecule has 0 spiro atoms. The highest BCUT2D eigenvalue weighted by molar-refractivity contribution is 6.46. The molecule has 2 amide bonds. The summed E-state index contributed by atoms with van der Waals surface area (Å²) < 4.78 is 5.45. The van der Waals surface area contributed by atoms with Gasteiger partial charge in [-0.3, -0.25) is 9.59 Å². The molecule has 3 aromatic rings. The van der Waals surface area contributed by atoms with Gasteiger partial charge in [-0.2, -0.15) is 0 Å². The lowest BCUT2D eigenvalue weighted by atomic mass is 10.0. The number of ether oxygens (including phenoxy) is 1. The molecule has 0 saturated heterocycles. The van der Waals surface area contributed by atoms with E-state index in [0.29, 0.717) is 22.0 Å². The molecule has 0 radical (unpaired) electrons. The molecule has 32 heavy (non-hydrogen) atoms. The highest BCUT2D eigenvalue weighted by Gasteiger charge is 2.41. The molecule has 1 aliphatic heterocycles. The molecule has 1 aliphatic rings. The van der Waals surface area contributed by atoms with Crippen LogP contribution < -0.4 is 15.0 Å². The fraction of sp³-hybridized carbons (Fsp3) is 0.154. The zero-order valence-electron chi connectivity index (χ0n) is 18.3. The van der Waals surface area contributed by atoms with Crippen LogP contribution in [0, 0.1) is 20.8 Å². The molecule has 0 bridgehead atoms. The van der Waals surface area contributed by atoms with Gasteiger partial charge in [-0.25, -0.2) is 4.90 Å². The van der Waals surface area contributed by atoms with Crippen molar-refractivity contribution < 1.29 is 14.3 Å². The first-order chi connectivity index (χ1) is 15.3. The number of benzene rings is 3. The summed E-state index contributed by atoms with van der Waals surface area (Å²) in [6.07, 6.45) is 0. The lowest BCUT2D eigenvalue weighted by Gasteiger charge is -2.19. The monoisotopic (exact) mass is 446 g/mol. The number of nitrogens with one attached hydrogen (secondary N) is 1. The minimum Gasteiger partial charge on any atom is -0.495 e. The number of imide groups is 1. The highest BCUT2D eigenvalue weighted by Crippen LogP contribution is 2.38. The van der Waals surface area contributed by atoms with Gasteiger partial charge in [0.15, 0.2) is 0 Å². The number of aryl methyl sites for hydroxylation is 3. The summed E-state index contributed by atoms with van der Waals surface area (Å²) in [5, 5.41) is 3.76. The normalized spacial score (nSPS) is 13.7. The maximum atomic E-state index is 13.6. The highest BCUT2D eigenvalue weighted by atomic mass is 35.5. The Labute approximate surface area is 192 Å². The van der Waals surface area contributed by atoms with E-state index in [1.54, 1.807) is 36.4 Å². The van der Waals surface area contributed by atoms with Crippen molar-refractivity contribution in [2.24, 2.45) is 0 Å². The first-order valence-electron chi connectivity index (χ1n) is 10.2. The third-order valence-electron chi connectivity index (χ3n) is 5.28. The SMILES string of the molecule is COc1ccc(C)cc1N1C(=O)C(Nc2cc(C)cc(C)c2)=C(c2ccc(Cl)cc2)C1=O. The Morgan fingerprint density at radius 3 is 2.09 bits per heavy atom. The van der Waals surface area contributed by atoms with Gasteiger partial charge in [0.2, 0.25) is 0 Å². The van der Waals surface area contributed by atoms with Crippen molar-refractivity contribution in [3.8, 4) is 5.75 Å². The Morgan fingerprint density at radius 1 is 0.812 bits per heavy atom. The summed E-state index contributed by atoms with van der Waals surface area (Å²) >= 11 is 6.06. The van der Waals surface area contributed by atoms with E-state index in [1.165, 1.54) is 12.0 Å². The minimum absolute atomic E-state index is 0.214. The molecule has 6 heteroatoms. The van der Waals surface area contributed by atoms with Crippen LogP contribution in [0.1, 0.15) is 22.3 Å². The van der Waals surface area contributed by atoms with E-state index < -0.39 is 11.8 Å². The molecule has 0 aromatic heterocycles. The van der Waals surface area contributed by atoms with E-state index >= 15 is 0 Å². The standard InChI is InChI=1S/C26H23ClN2O3/c1-15-5-10-22(32-4)21(14-15)29-25(30)23(18-6-8-19(27)9-7-18)24(26(29)31)28-20-12-16(2)11-17(3)13-20/h5-14,28H,1-4H3. The van der Waals surface area contributed by atoms with Crippen molar-refractivity contribution in [1.29, 1.82) is 0 Å². The topological polar surface area (TPSA) is 58.6 Å². The van der Waals surface area contributed by atoms with Gasteiger partial charge in [-0.15, -0.1) is 0 Å². The maximum Gasteiger partial charge on any atom is 0.282 e. The number of carbonyl (C=O) groups excluding carboxylic acids is 2. The van der Waals surface area contributed by atoms with Gasteiger partial charge in [-0.05, 0) is 79.4 Å². The number of hydrogen-bond acceptors (Lipinski definition) is 4. The third kappa shape index (κ3) is 3.99. The number of hydrogen-bond donors (Lipinski definition) is 1. The molecule has 1 heterocycles. The fourth-order valence-corrected chi connectivity index (χ4v) is 4.04. The summed E-state index contributed by atoms with van der Waals surface area (Å²) in [4.78, 5) is 28.4. The Balaban J connectivity index is 1.87. The van der Waals surface area contributed by atoms with Crippen molar-refractivity contribution in [2.45, 2.75) is 20.8 Å². The van der Waals surface area contributed by atoms with Gasteiger partial charge in [0, 0.05) is 10.7 Å². The first kappa shape index (κ1) is 21.7. The number of methoxy groups -OCH3 is 1. The molecule has 4 rings (SSSR count). The average Bonchev–Trinajstić information content (AvgIpc) is 2.97. The third-order valence-corrected chi connectivity index (χ3v) is 5.54. The van der Waals surface area contributed by atoms with Crippen molar-refractivity contribution in [2.75, 3.05) is 17.3 Å². The van der Waals surface area contributed by atoms with Gasteiger partial charge in [0.25, 0.3) is 11.8 Å². The van der Waals surface area contributed by atoms with Gasteiger partial charge < -0.3 is 10.1 Å². The van der Waals surface area contributed by atoms with Crippen LogP contribution in [-0.2, 0) is 9.59 Å². The summed E-state index contributed by atoms with van der Waals surface area (Å²) in [5.41, 5.74) is 5.26. The van der Waals surface area contributed by atoms with Crippen LogP contribution in [0.5, 0.6) is 5.75 Å². The minimum atomic E-state index is -0.442. The summed E-state index contributed by atoms with van der Waals surface area (Å²) in [7, 11) is 1.52. The first-order valence-corrected chi connectivity index (χ1v) is 10.5. The van der Waals surface area contributed by atoms with E-state index in [9.17, 15) is 9.59 Å². The van der Waals surface area contributed by atoms with Crippen LogP contribution in [0.3, 0.4) is 0 Å². The number of amides is 2. The Morgan fingerprint density at radius 2 is 1.47 bits per heavy atom. The second kappa shape index (κ2) is 8.52. The van der Waals surface area contributed by atoms with Gasteiger partial charge in [-0.1, -0.05) is 35.9 Å². The van der Waals surface area contributed by atoms with E-state index in [2.05, 4.69) is 5.32 Å². The van der Waals surface area contributed by atoms with E-state index in [1.807, 2.05) is 45.0 Å². The van der Waals surface area contributed by atoms with Crippen LogP contribution in [0.4, 0.5) is 11.4 Å².